The van der Waals surface area contributed by atoms with E-state index in [-0.39, 0.29) is 30.7 Å². The quantitative estimate of drug-likeness (QED) is 0.172. The highest BCUT2D eigenvalue weighted by Crippen LogP contribution is 2.38. The van der Waals surface area contributed by atoms with E-state index in [1.165, 1.54) is 29.8 Å². The molecule has 5 rings (SSSR count). The lowest BCUT2D eigenvalue weighted by Crippen LogP contribution is -2.32. The number of aliphatic hydroxyl groups is 1. The summed E-state index contributed by atoms with van der Waals surface area (Å²) in [6, 6.07) is 8.38. The van der Waals surface area contributed by atoms with Crippen LogP contribution in [0.3, 0.4) is 0 Å². The van der Waals surface area contributed by atoms with Crippen molar-refractivity contribution in [3.05, 3.63) is 59.8 Å². The minimum atomic E-state index is -0.769. The second-order valence-electron chi connectivity index (χ2n) is 9.28. The maximum Gasteiger partial charge on any atom is 0.412 e. The van der Waals surface area contributed by atoms with Crippen molar-refractivity contribution >= 4 is 55.8 Å². The second-order valence-corrected chi connectivity index (χ2v) is 10.8. The van der Waals surface area contributed by atoms with Gasteiger partial charge in [0.2, 0.25) is 0 Å². The molecule has 0 spiro atoms. The molecule has 0 bridgehead atoms. The Morgan fingerprint density at radius 1 is 1.07 bits per heavy atom. The molecule has 2 atom stereocenters. The average Bonchev–Trinajstić information content (AvgIpc) is 3.39. The van der Waals surface area contributed by atoms with E-state index in [1.807, 2.05) is 13.0 Å². The number of hydrogen-bond acceptors (Lipinski definition) is 11. The summed E-state index contributed by atoms with van der Waals surface area (Å²) < 4.78 is 37.7. The lowest BCUT2D eigenvalue weighted by molar-refractivity contribution is 0.0402. The maximum absolute atomic E-state index is 15.1. The zero-order valence-corrected chi connectivity index (χ0v) is 24.9. The zero-order chi connectivity index (χ0) is 30.5. The van der Waals surface area contributed by atoms with Crippen LogP contribution in [-0.4, -0.2) is 63.2 Å². The normalized spacial score (nSPS) is 12.6. The Labute approximate surface area is 254 Å². The van der Waals surface area contributed by atoms with Gasteiger partial charge in [0.05, 0.1) is 53.2 Å². The van der Waals surface area contributed by atoms with E-state index in [0.717, 1.165) is 5.39 Å². The van der Waals surface area contributed by atoms with E-state index in [4.69, 9.17) is 35.7 Å². The van der Waals surface area contributed by atoms with Gasteiger partial charge in [-0.15, -0.1) is 11.3 Å². The third-order valence-corrected chi connectivity index (χ3v) is 7.44. The molecule has 3 aromatic heterocycles. The first kappa shape index (κ1) is 30.1. The average molecular weight is 628 g/mol. The van der Waals surface area contributed by atoms with Crippen LogP contribution < -0.4 is 19.5 Å². The van der Waals surface area contributed by atoms with Crippen molar-refractivity contribution in [1.82, 2.24) is 19.9 Å². The molecule has 3 heterocycles. The molecular weight excluding hydrogens is 601 g/mol. The summed E-state index contributed by atoms with van der Waals surface area (Å²) >= 11 is 7.76. The molecule has 0 saturated heterocycles. The van der Waals surface area contributed by atoms with Crippen molar-refractivity contribution < 1.29 is 33.2 Å². The number of rotatable bonds is 11. The molecule has 224 valence electrons. The Bertz CT molecular complexity index is 1760. The van der Waals surface area contributed by atoms with Crippen LogP contribution in [0.4, 0.5) is 14.9 Å². The fourth-order valence-electron chi connectivity index (χ4n) is 4.04. The SMILES string of the molecule is CCOc1cnc2c(-c3nc4cc(F)c(O[C@@H](C)[C@@H](C)OC(=O)Nc5cnc(OCCO)nc5)cc4s3)cc(Cl)cc2c1. The second kappa shape index (κ2) is 13.3. The number of ether oxygens (including phenoxy) is 4. The first-order valence-electron chi connectivity index (χ1n) is 13.3. The Hall–Kier alpha value is -4.33. The molecule has 0 fully saturated rings. The third-order valence-electron chi connectivity index (χ3n) is 6.17. The number of carbonyl (C=O) groups is 1. The number of pyridine rings is 1. The molecule has 2 N–H and O–H groups in total. The van der Waals surface area contributed by atoms with E-state index < -0.39 is 24.1 Å². The molecule has 0 aliphatic rings. The highest BCUT2D eigenvalue weighted by Gasteiger charge is 2.22. The van der Waals surface area contributed by atoms with Crippen LogP contribution >= 0.6 is 22.9 Å². The van der Waals surface area contributed by atoms with Crippen LogP contribution in [0.15, 0.2) is 48.9 Å². The summed E-state index contributed by atoms with van der Waals surface area (Å²) in [5, 5.41) is 13.2. The third kappa shape index (κ3) is 7.19. The molecule has 0 aliphatic carbocycles. The molecular formula is C29H27ClFN5O6S. The number of amides is 1. The Balaban J connectivity index is 1.28. The number of fused-ring (bicyclic) bond motifs is 2. The van der Waals surface area contributed by atoms with Crippen molar-refractivity contribution in [3.8, 4) is 28.1 Å². The minimum Gasteiger partial charge on any atom is -0.492 e. The van der Waals surface area contributed by atoms with Gasteiger partial charge in [0.1, 0.15) is 29.6 Å². The van der Waals surface area contributed by atoms with Crippen LogP contribution in [0, 0.1) is 5.82 Å². The first-order valence-corrected chi connectivity index (χ1v) is 14.5. The summed E-state index contributed by atoms with van der Waals surface area (Å²) in [6.45, 7) is 5.57. The number of hydrogen-bond donors (Lipinski definition) is 2. The van der Waals surface area contributed by atoms with Gasteiger partial charge in [0.25, 0.3) is 0 Å². The summed E-state index contributed by atoms with van der Waals surface area (Å²) in [5.74, 6) is 0.0200. The van der Waals surface area contributed by atoms with Crippen LogP contribution in [0.2, 0.25) is 5.02 Å². The maximum atomic E-state index is 15.1. The molecule has 0 unspecified atom stereocenters. The molecule has 0 saturated carbocycles. The van der Waals surface area contributed by atoms with Gasteiger partial charge in [-0.3, -0.25) is 10.3 Å². The van der Waals surface area contributed by atoms with Crippen molar-refractivity contribution in [2.24, 2.45) is 0 Å². The molecule has 11 nitrogen and oxygen atoms in total. The number of carbonyl (C=O) groups excluding carboxylic acids is 1. The Kier molecular flexibility index (Phi) is 9.34. The van der Waals surface area contributed by atoms with E-state index in [2.05, 4.69) is 25.3 Å². The Morgan fingerprint density at radius 2 is 1.86 bits per heavy atom. The lowest BCUT2D eigenvalue weighted by Gasteiger charge is -2.22. The van der Waals surface area contributed by atoms with E-state index in [0.29, 0.717) is 43.7 Å². The predicted octanol–water partition coefficient (Wildman–Crippen LogP) is 6.27. The molecule has 14 heteroatoms. The highest BCUT2D eigenvalue weighted by atomic mass is 35.5. The summed E-state index contributed by atoms with van der Waals surface area (Å²) in [5.41, 5.74) is 2.14. The minimum absolute atomic E-state index is 0.00615. The van der Waals surface area contributed by atoms with E-state index >= 15 is 4.39 Å². The van der Waals surface area contributed by atoms with Crippen molar-refractivity contribution in [2.75, 3.05) is 25.1 Å². The number of aromatic nitrogens is 4. The molecule has 5 aromatic rings. The number of anilines is 1. The fraction of sp³-hybridized carbons (Fsp3) is 0.276. The molecule has 2 aromatic carbocycles. The number of aliphatic hydroxyl groups excluding tert-OH is 1. The number of thiazole rings is 1. The van der Waals surface area contributed by atoms with Gasteiger partial charge in [0.15, 0.2) is 11.6 Å². The topological polar surface area (TPSA) is 138 Å². The predicted molar refractivity (Wildman–Crippen MR) is 161 cm³/mol. The fourth-order valence-corrected chi connectivity index (χ4v) is 5.26. The lowest BCUT2D eigenvalue weighted by atomic mass is 10.1. The summed E-state index contributed by atoms with van der Waals surface area (Å²) in [4.78, 5) is 29.4. The standard InChI is InChI=1S/C29H27ClFN5O6S/c1-4-39-20-8-17-7-18(30)9-21(26(17)32-14-20)27-36-23-10-22(31)24(11-25(23)43-27)41-15(2)16(3)42-29(38)35-19-12-33-28(34-13-19)40-6-5-37/h7-16,37H,4-6H2,1-3H3,(H,35,38)/t15-,16+/m0/s1. The molecule has 1 amide bonds. The van der Waals surface area contributed by atoms with Gasteiger partial charge in [0, 0.05) is 28.1 Å². The van der Waals surface area contributed by atoms with E-state index in [9.17, 15) is 4.79 Å². The van der Waals surface area contributed by atoms with Crippen LogP contribution in [0.1, 0.15) is 20.8 Å². The van der Waals surface area contributed by atoms with Crippen LogP contribution in [0.5, 0.6) is 17.5 Å². The molecule has 0 aliphatic heterocycles. The Morgan fingerprint density at radius 3 is 2.60 bits per heavy atom. The van der Waals surface area contributed by atoms with Gasteiger partial charge in [-0.2, -0.15) is 0 Å². The van der Waals surface area contributed by atoms with Gasteiger partial charge in [-0.05, 0) is 39.0 Å². The number of halogens is 2. The number of nitrogens with one attached hydrogen (secondary N) is 1. The van der Waals surface area contributed by atoms with Crippen molar-refractivity contribution in [1.29, 1.82) is 0 Å². The number of nitrogens with zero attached hydrogens (tertiary/aromatic N) is 4. The first-order chi connectivity index (χ1) is 20.7. The smallest absolute Gasteiger partial charge is 0.412 e. The van der Waals surface area contributed by atoms with Crippen LogP contribution in [-0.2, 0) is 4.74 Å². The summed E-state index contributed by atoms with van der Waals surface area (Å²) in [6.07, 6.45) is 2.10. The zero-order valence-electron chi connectivity index (χ0n) is 23.3. The molecule has 43 heavy (non-hydrogen) atoms. The number of benzene rings is 2. The van der Waals surface area contributed by atoms with Crippen molar-refractivity contribution in [2.45, 2.75) is 33.0 Å². The van der Waals surface area contributed by atoms with Gasteiger partial charge >= 0.3 is 12.1 Å². The van der Waals surface area contributed by atoms with Crippen molar-refractivity contribution in [3.63, 3.8) is 0 Å². The molecule has 0 radical (unpaired) electrons. The largest absolute Gasteiger partial charge is 0.492 e. The highest BCUT2D eigenvalue weighted by molar-refractivity contribution is 7.21. The van der Waals surface area contributed by atoms with E-state index in [1.54, 1.807) is 38.2 Å². The van der Waals surface area contributed by atoms with Gasteiger partial charge in [-0.25, -0.2) is 24.1 Å². The monoisotopic (exact) mass is 627 g/mol. The van der Waals surface area contributed by atoms with Crippen LogP contribution in [0.25, 0.3) is 31.7 Å². The van der Waals surface area contributed by atoms with Gasteiger partial charge < -0.3 is 24.1 Å². The van der Waals surface area contributed by atoms with Gasteiger partial charge in [-0.1, -0.05) is 11.6 Å². The summed E-state index contributed by atoms with van der Waals surface area (Å²) in [7, 11) is 0.